The van der Waals surface area contributed by atoms with Crippen LogP contribution in [0.2, 0.25) is 0 Å². The van der Waals surface area contributed by atoms with E-state index in [1.54, 1.807) is 6.92 Å². The van der Waals surface area contributed by atoms with Gasteiger partial charge in [0.2, 0.25) is 5.91 Å². The van der Waals surface area contributed by atoms with Crippen LogP contribution in [0.25, 0.3) is 0 Å². The minimum atomic E-state index is 0.220. The first kappa shape index (κ1) is 8.57. The van der Waals surface area contributed by atoms with Gasteiger partial charge in [0.05, 0.1) is 0 Å². The topological polar surface area (TPSA) is 20.3 Å². The normalized spacial score (nSPS) is 23.4. The van der Waals surface area contributed by atoms with Gasteiger partial charge in [0, 0.05) is 20.0 Å². The van der Waals surface area contributed by atoms with Gasteiger partial charge >= 0.3 is 0 Å². The standard InChI is InChI=1S/C9H17NO/c1-8(11)10-6-4-5-9(2,3)7-10/h4-7H2,1-3H3. The van der Waals surface area contributed by atoms with Gasteiger partial charge in [-0.2, -0.15) is 0 Å². The lowest BCUT2D eigenvalue weighted by atomic mass is 9.84. The molecule has 2 nitrogen and oxygen atoms in total. The zero-order chi connectivity index (χ0) is 8.48. The smallest absolute Gasteiger partial charge is 0.219 e. The van der Waals surface area contributed by atoms with Crippen LogP contribution in [0, 0.1) is 5.41 Å². The molecule has 0 bridgehead atoms. The molecule has 11 heavy (non-hydrogen) atoms. The van der Waals surface area contributed by atoms with E-state index in [1.165, 1.54) is 6.42 Å². The average molecular weight is 155 g/mol. The van der Waals surface area contributed by atoms with Gasteiger partial charge in [0.25, 0.3) is 0 Å². The average Bonchev–Trinajstić information content (AvgIpc) is 1.85. The third kappa shape index (κ3) is 2.21. The highest BCUT2D eigenvalue weighted by Crippen LogP contribution is 2.28. The lowest BCUT2D eigenvalue weighted by Gasteiger charge is -2.37. The number of piperidine rings is 1. The number of hydrogen-bond donors (Lipinski definition) is 0. The number of carbonyl (C=O) groups is 1. The second-order valence-corrected chi connectivity index (χ2v) is 4.21. The summed E-state index contributed by atoms with van der Waals surface area (Å²) >= 11 is 0. The lowest BCUT2D eigenvalue weighted by molar-refractivity contribution is -0.131. The summed E-state index contributed by atoms with van der Waals surface area (Å²) < 4.78 is 0. The SMILES string of the molecule is CC(=O)N1CCCC(C)(C)C1. The Bertz CT molecular complexity index is 163. The van der Waals surface area contributed by atoms with Crippen molar-refractivity contribution in [3.63, 3.8) is 0 Å². The number of carbonyl (C=O) groups excluding carboxylic acids is 1. The largest absolute Gasteiger partial charge is 0.342 e. The van der Waals surface area contributed by atoms with E-state index in [4.69, 9.17) is 0 Å². The molecule has 64 valence electrons. The van der Waals surface area contributed by atoms with Crippen molar-refractivity contribution in [2.45, 2.75) is 33.6 Å². The number of nitrogens with zero attached hydrogens (tertiary/aromatic N) is 1. The van der Waals surface area contributed by atoms with Gasteiger partial charge in [0.15, 0.2) is 0 Å². The van der Waals surface area contributed by atoms with Crippen molar-refractivity contribution in [3.8, 4) is 0 Å². The Hall–Kier alpha value is -0.530. The van der Waals surface area contributed by atoms with Gasteiger partial charge in [-0.15, -0.1) is 0 Å². The second kappa shape index (κ2) is 2.84. The van der Waals surface area contributed by atoms with E-state index in [0.717, 1.165) is 19.5 Å². The van der Waals surface area contributed by atoms with E-state index < -0.39 is 0 Å². The van der Waals surface area contributed by atoms with E-state index in [-0.39, 0.29) is 5.91 Å². The predicted octanol–water partition coefficient (Wildman–Crippen LogP) is 1.65. The second-order valence-electron chi connectivity index (χ2n) is 4.21. The van der Waals surface area contributed by atoms with Crippen LogP contribution in [0.4, 0.5) is 0 Å². The van der Waals surface area contributed by atoms with Crippen LogP contribution in [-0.4, -0.2) is 23.9 Å². The first-order chi connectivity index (χ1) is 5.01. The van der Waals surface area contributed by atoms with Gasteiger partial charge in [-0.1, -0.05) is 13.8 Å². The van der Waals surface area contributed by atoms with E-state index in [1.807, 2.05) is 4.90 Å². The summed E-state index contributed by atoms with van der Waals surface area (Å²) in [5, 5.41) is 0. The van der Waals surface area contributed by atoms with Crippen molar-refractivity contribution in [2.24, 2.45) is 5.41 Å². The van der Waals surface area contributed by atoms with E-state index in [0.29, 0.717) is 5.41 Å². The molecule has 1 aliphatic heterocycles. The molecule has 0 aromatic carbocycles. The lowest BCUT2D eigenvalue weighted by Crippen LogP contribution is -2.42. The van der Waals surface area contributed by atoms with Gasteiger partial charge in [0.1, 0.15) is 0 Å². The van der Waals surface area contributed by atoms with Crippen LogP contribution in [0.5, 0.6) is 0 Å². The summed E-state index contributed by atoms with van der Waals surface area (Å²) in [6.45, 7) is 7.99. The summed E-state index contributed by atoms with van der Waals surface area (Å²) in [5.41, 5.74) is 0.337. The number of likely N-dealkylation sites (tertiary alicyclic amines) is 1. The molecule has 0 aromatic rings. The molecule has 1 rings (SSSR count). The Morgan fingerprint density at radius 3 is 2.45 bits per heavy atom. The molecule has 0 saturated carbocycles. The fourth-order valence-corrected chi connectivity index (χ4v) is 1.69. The fourth-order valence-electron chi connectivity index (χ4n) is 1.69. The van der Waals surface area contributed by atoms with Gasteiger partial charge in [-0.05, 0) is 18.3 Å². The highest BCUT2D eigenvalue weighted by Gasteiger charge is 2.27. The van der Waals surface area contributed by atoms with E-state index in [9.17, 15) is 4.79 Å². The Labute approximate surface area is 68.6 Å². The van der Waals surface area contributed by atoms with Crippen LogP contribution in [0.1, 0.15) is 33.6 Å². The minimum absolute atomic E-state index is 0.220. The van der Waals surface area contributed by atoms with E-state index in [2.05, 4.69) is 13.8 Å². The Morgan fingerprint density at radius 1 is 1.45 bits per heavy atom. The minimum Gasteiger partial charge on any atom is -0.342 e. The number of rotatable bonds is 0. The van der Waals surface area contributed by atoms with Crippen molar-refractivity contribution in [3.05, 3.63) is 0 Å². The molecule has 0 radical (unpaired) electrons. The van der Waals surface area contributed by atoms with Crippen molar-refractivity contribution >= 4 is 5.91 Å². The van der Waals surface area contributed by atoms with Crippen LogP contribution < -0.4 is 0 Å². The monoisotopic (exact) mass is 155 g/mol. The molecule has 1 amide bonds. The fraction of sp³-hybridized carbons (Fsp3) is 0.889. The van der Waals surface area contributed by atoms with Crippen molar-refractivity contribution in [1.82, 2.24) is 4.90 Å². The van der Waals surface area contributed by atoms with Crippen LogP contribution in [-0.2, 0) is 4.79 Å². The predicted molar refractivity (Wildman–Crippen MR) is 45.3 cm³/mol. The molecule has 2 heteroatoms. The third-order valence-corrected chi connectivity index (χ3v) is 2.35. The zero-order valence-corrected chi connectivity index (χ0v) is 7.68. The van der Waals surface area contributed by atoms with Crippen molar-refractivity contribution in [1.29, 1.82) is 0 Å². The summed E-state index contributed by atoms with van der Waals surface area (Å²) in [4.78, 5) is 13.0. The first-order valence-corrected chi connectivity index (χ1v) is 4.27. The van der Waals surface area contributed by atoms with Crippen LogP contribution in [0.15, 0.2) is 0 Å². The molecular formula is C9H17NO. The zero-order valence-electron chi connectivity index (χ0n) is 7.68. The quantitative estimate of drug-likeness (QED) is 0.521. The molecule has 1 heterocycles. The molecule has 0 aromatic heterocycles. The maximum atomic E-state index is 11.0. The number of hydrogen-bond acceptors (Lipinski definition) is 1. The van der Waals surface area contributed by atoms with Crippen LogP contribution in [0.3, 0.4) is 0 Å². The molecule has 0 unspecified atom stereocenters. The van der Waals surface area contributed by atoms with Crippen molar-refractivity contribution < 1.29 is 4.79 Å². The summed E-state index contributed by atoms with van der Waals surface area (Å²) in [6, 6.07) is 0. The summed E-state index contributed by atoms with van der Waals surface area (Å²) in [6.07, 6.45) is 2.41. The molecule has 1 aliphatic rings. The molecular weight excluding hydrogens is 138 g/mol. The summed E-state index contributed by atoms with van der Waals surface area (Å²) in [5.74, 6) is 0.220. The van der Waals surface area contributed by atoms with Gasteiger partial charge in [-0.25, -0.2) is 0 Å². The third-order valence-electron chi connectivity index (χ3n) is 2.35. The molecule has 1 saturated heterocycles. The highest BCUT2D eigenvalue weighted by atomic mass is 16.2. The van der Waals surface area contributed by atoms with Crippen molar-refractivity contribution in [2.75, 3.05) is 13.1 Å². The molecule has 0 aliphatic carbocycles. The number of amides is 1. The molecule has 1 fully saturated rings. The Kier molecular flexibility index (Phi) is 2.21. The van der Waals surface area contributed by atoms with E-state index >= 15 is 0 Å². The molecule has 0 spiro atoms. The first-order valence-electron chi connectivity index (χ1n) is 4.27. The Balaban J connectivity index is 2.53. The Morgan fingerprint density at radius 2 is 2.09 bits per heavy atom. The highest BCUT2D eigenvalue weighted by molar-refractivity contribution is 5.73. The maximum absolute atomic E-state index is 11.0. The maximum Gasteiger partial charge on any atom is 0.219 e. The molecule has 0 N–H and O–H groups in total. The van der Waals surface area contributed by atoms with Crippen LogP contribution >= 0.6 is 0 Å². The van der Waals surface area contributed by atoms with Gasteiger partial charge in [-0.3, -0.25) is 4.79 Å². The summed E-state index contributed by atoms with van der Waals surface area (Å²) in [7, 11) is 0. The molecule has 0 atom stereocenters. The van der Waals surface area contributed by atoms with Gasteiger partial charge < -0.3 is 4.90 Å².